The summed E-state index contributed by atoms with van der Waals surface area (Å²) in [6, 6.07) is 15.5. The van der Waals surface area contributed by atoms with Crippen LogP contribution in [0.25, 0.3) is 6.08 Å². The van der Waals surface area contributed by atoms with Crippen LogP contribution in [-0.4, -0.2) is 47.8 Å². The average molecular weight is 410 g/mol. The number of carbonyl (C=O) groups is 2. The Morgan fingerprint density at radius 2 is 1.69 bits per heavy atom. The number of hydrogen-bond acceptors (Lipinski definition) is 3. The van der Waals surface area contributed by atoms with E-state index in [9.17, 15) is 9.59 Å². The number of fused-ring (bicyclic) bond motifs is 1. The van der Waals surface area contributed by atoms with Gasteiger partial charge < -0.3 is 14.7 Å². The van der Waals surface area contributed by atoms with E-state index in [1.54, 1.807) is 11.1 Å². The second kappa shape index (κ2) is 8.29. The first-order chi connectivity index (χ1) is 14.0. The summed E-state index contributed by atoms with van der Waals surface area (Å²) in [6.45, 7) is 4.32. The molecule has 5 nitrogen and oxygen atoms in total. The third kappa shape index (κ3) is 4.01. The van der Waals surface area contributed by atoms with E-state index in [1.807, 2.05) is 59.5 Å². The van der Waals surface area contributed by atoms with E-state index in [0.717, 1.165) is 34.9 Å². The highest BCUT2D eigenvalue weighted by atomic mass is 35.5. The monoisotopic (exact) mass is 409 g/mol. The Morgan fingerprint density at radius 3 is 2.41 bits per heavy atom. The van der Waals surface area contributed by atoms with Crippen LogP contribution in [-0.2, 0) is 9.59 Å². The first kappa shape index (κ1) is 19.5. The molecule has 0 aliphatic carbocycles. The minimum Gasteiger partial charge on any atom is -0.367 e. The molecule has 2 aliphatic heterocycles. The van der Waals surface area contributed by atoms with Crippen LogP contribution in [0.5, 0.6) is 0 Å². The predicted molar refractivity (Wildman–Crippen MR) is 116 cm³/mol. The molecule has 0 spiro atoms. The number of carbonyl (C=O) groups excluding carboxylic acids is 2. The smallest absolute Gasteiger partial charge is 0.225 e. The van der Waals surface area contributed by atoms with Crippen molar-refractivity contribution >= 4 is 35.2 Å². The molecule has 1 saturated heterocycles. The SMILES string of the molecule is CC(=O)N1C=Cc2ccccc2[C@@H]1CC(=O)N1CCN(c2ccccc2Cl)CC1. The Kier molecular flexibility index (Phi) is 5.58. The summed E-state index contributed by atoms with van der Waals surface area (Å²) in [5.74, 6) is 0.0160. The molecule has 2 heterocycles. The lowest BCUT2D eigenvalue weighted by Gasteiger charge is -2.38. The van der Waals surface area contributed by atoms with Gasteiger partial charge in [0.1, 0.15) is 0 Å². The lowest BCUT2D eigenvalue weighted by molar-refractivity contribution is -0.134. The zero-order chi connectivity index (χ0) is 20.4. The number of para-hydroxylation sites is 1. The number of nitrogens with zero attached hydrogens (tertiary/aromatic N) is 3. The molecule has 2 aromatic carbocycles. The van der Waals surface area contributed by atoms with Gasteiger partial charge in [0.05, 0.1) is 23.2 Å². The number of rotatable bonds is 3. The molecule has 29 heavy (non-hydrogen) atoms. The van der Waals surface area contributed by atoms with E-state index in [1.165, 1.54) is 6.92 Å². The Labute approximate surface area is 176 Å². The van der Waals surface area contributed by atoms with Gasteiger partial charge in [0.2, 0.25) is 11.8 Å². The third-order valence-corrected chi connectivity index (χ3v) is 5.98. The predicted octanol–water partition coefficient (Wildman–Crippen LogP) is 3.95. The van der Waals surface area contributed by atoms with E-state index >= 15 is 0 Å². The molecule has 2 aromatic rings. The van der Waals surface area contributed by atoms with Crippen LogP contribution in [0, 0.1) is 0 Å². The zero-order valence-electron chi connectivity index (χ0n) is 16.4. The standard InChI is InChI=1S/C23H24ClN3O2/c1-17(28)27-11-10-18-6-2-3-7-19(18)22(27)16-23(29)26-14-12-25(13-15-26)21-9-5-4-8-20(21)24/h2-11,22H,12-16H2,1H3/t22-/m0/s1. The van der Waals surface area contributed by atoms with Gasteiger partial charge in [-0.1, -0.05) is 48.0 Å². The van der Waals surface area contributed by atoms with E-state index in [-0.39, 0.29) is 24.3 Å². The Hall–Kier alpha value is -2.79. The van der Waals surface area contributed by atoms with Crippen LogP contribution in [0.2, 0.25) is 5.02 Å². The Bertz CT molecular complexity index is 951. The minimum atomic E-state index is -0.261. The molecule has 0 aromatic heterocycles. The number of benzene rings is 2. The lowest BCUT2D eigenvalue weighted by Crippen LogP contribution is -2.49. The first-order valence-corrected chi connectivity index (χ1v) is 10.3. The van der Waals surface area contributed by atoms with Crippen LogP contribution in [0.3, 0.4) is 0 Å². The average Bonchev–Trinajstić information content (AvgIpc) is 2.74. The summed E-state index contributed by atoms with van der Waals surface area (Å²) in [5, 5.41) is 0.731. The van der Waals surface area contributed by atoms with Crippen molar-refractivity contribution in [3.8, 4) is 0 Å². The van der Waals surface area contributed by atoms with Gasteiger partial charge in [-0.05, 0) is 29.3 Å². The van der Waals surface area contributed by atoms with E-state index in [4.69, 9.17) is 11.6 Å². The Morgan fingerprint density at radius 1 is 1.00 bits per heavy atom. The lowest BCUT2D eigenvalue weighted by atomic mass is 9.93. The van der Waals surface area contributed by atoms with Crippen LogP contribution in [0.4, 0.5) is 5.69 Å². The highest BCUT2D eigenvalue weighted by Gasteiger charge is 2.31. The normalized spacial score (nSPS) is 18.6. The van der Waals surface area contributed by atoms with E-state index < -0.39 is 0 Å². The number of halogens is 1. The molecular weight excluding hydrogens is 386 g/mol. The maximum absolute atomic E-state index is 13.1. The molecule has 0 saturated carbocycles. The molecule has 1 atom stereocenters. The highest BCUT2D eigenvalue weighted by Crippen LogP contribution is 2.33. The van der Waals surface area contributed by atoms with Crippen molar-refractivity contribution in [2.24, 2.45) is 0 Å². The van der Waals surface area contributed by atoms with Crippen molar-refractivity contribution in [2.75, 3.05) is 31.1 Å². The summed E-state index contributed by atoms with van der Waals surface area (Å²) >= 11 is 6.31. The summed E-state index contributed by atoms with van der Waals surface area (Å²) < 4.78 is 0. The van der Waals surface area contributed by atoms with Crippen LogP contribution < -0.4 is 4.90 Å². The van der Waals surface area contributed by atoms with Crippen molar-refractivity contribution in [1.82, 2.24) is 9.80 Å². The molecule has 2 aliphatic rings. The number of piperazine rings is 1. The molecule has 2 amide bonds. The van der Waals surface area contributed by atoms with Crippen molar-refractivity contribution < 1.29 is 9.59 Å². The summed E-state index contributed by atoms with van der Waals surface area (Å²) in [7, 11) is 0. The molecule has 1 fully saturated rings. The van der Waals surface area contributed by atoms with Gasteiger partial charge >= 0.3 is 0 Å². The molecule has 0 radical (unpaired) electrons. The maximum Gasteiger partial charge on any atom is 0.225 e. The second-order valence-electron chi connectivity index (χ2n) is 7.41. The Balaban J connectivity index is 1.45. The molecule has 0 N–H and O–H groups in total. The zero-order valence-corrected chi connectivity index (χ0v) is 17.2. The summed E-state index contributed by atoms with van der Waals surface area (Å²) in [5.41, 5.74) is 3.09. The fourth-order valence-electron chi connectivity index (χ4n) is 4.11. The second-order valence-corrected chi connectivity index (χ2v) is 7.82. The van der Waals surface area contributed by atoms with Crippen LogP contribution in [0.1, 0.15) is 30.5 Å². The van der Waals surface area contributed by atoms with Crippen molar-refractivity contribution in [3.63, 3.8) is 0 Å². The fourth-order valence-corrected chi connectivity index (χ4v) is 4.37. The quantitative estimate of drug-likeness (QED) is 0.770. The molecule has 150 valence electrons. The van der Waals surface area contributed by atoms with Gasteiger partial charge in [0, 0.05) is 39.3 Å². The van der Waals surface area contributed by atoms with Gasteiger partial charge in [-0.15, -0.1) is 0 Å². The number of anilines is 1. The highest BCUT2D eigenvalue weighted by molar-refractivity contribution is 6.33. The maximum atomic E-state index is 13.1. The number of hydrogen-bond donors (Lipinski definition) is 0. The topological polar surface area (TPSA) is 43.9 Å². The first-order valence-electron chi connectivity index (χ1n) is 9.88. The van der Waals surface area contributed by atoms with Gasteiger partial charge in [0.25, 0.3) is 0 Å². The third-order valence-electron chi connectivity index (χ3n) is 5.66. The van der Waals surface area contributed by atoms with E-state index in [0.29, 0.717) is 13.1 Å². The van der Waals surface area contributed by atoms with Crippen LogP contribution >= 0.6 is 11.6 Å². The van der Waals surface area contributed by atoms with Crippen molar-refractivity contribution in [3.05, 3.63) is 70.9 Å². The fraction of sp³-hybridized carbons (Fsp3) is 0.304. The van der Waals surface area contributed by atoms with E-state index in [2.05, 4.69) is 4.90 Å². The summed E-state index contributed by atoms with van der Waals surface area (Å²) in [6.07, 6.45) is 4.01. The minimum absolute atomic E-state index is 0.0582. The van der Waals surface area contributed by atoms with Crippen molar-refractivity contribution in [2.45, 2.75) is 19.4 Å². The molecule has 0 unspecified atom stereocenters. The van der Waals surface area contributed by atoms with Gasteiger partial charge in [0.15, 0.2) is 0 Å². The molecule has 0 bridgehead atoms. The molecular formula is C23H24ClN3O2. The van der Waals surface area contributed by atoms with Gasteiger partial charge in [-0.2, -0.15) is 0 Å². The van der Waals surface area contributed by atoms with Gasteiger partial charge in [-0.3, -0.25) is 9.59 Å². The van der Waals surface area contributed by atoms with Gasteiger partial charge in [-0.25, -0.2) is 0 Å². The largest absolute Gasteiger partial charge is 0.367 e. The summed E-state index contributed by atoms with van der Waals surface area (Å²) in [4.78, 5) is 31.0. The van der Waals surface area contributed by atoms with Crippen molar-refractivity contribution in [1.29, 1.82) is 0 Å². The number of amides is 2. The van der Waals surface area contributed by atoms with Crippen LogP contribution in [0.15, 0.2) is 54.7 Å². The molecule has 6 heteroatoms. The molecule has 4 rings (SSSR count).